The van der Waals surface area contributed by atoms with E-state index in [4.69, 9.17) is 4.74 Å². The summed E-state index contributed by atoms with van der Waals surface area (Å²) < 4.78 is 6.90. The van der Waals surface area contributed by atoms with E-state index in [0.29, 0.717) is 11.3 Å². The molecule has 0 radical (unpaired) electrons. The topological polar surface area (TPSA) is 26.3 Å². The molecule has 0 amide bonds. The quantitative estimate of drug-likeness (QED) is 0.133. The molecule has 0 spiro atoms. The van der Waals surface area contributed by atoms with Crippen LogP contribution in [0.4, 0.5) is 0 Å². The second-order valence-corrected chi connectivity index (χ2v) is 23.3. The molecule has 0 saturated heterocycles. The summed E-state index contributed by atoms with van der Waals surface area (Å²) in [5, 5.41) is 0. The third-order valence-electron chi connectivity index (χ3n) is 10.8. The van der Waals surface area contributed by atoms with E-state index in [0.717, 1.165) is 27.8 Å². The molecule has 2 bridgehead atoms. The molecule has 4 aromatic rings. The minimum atomic E-state index is -0.296. The van der Waals surface area contributed by atoms with Gasteiger partial charge in [-0.25, -0.2) is 4.79 Å². The van der Waals surface area contributed by atoms with E-state index < -0.39 is 0 Å². The molecule has 0 unspecified atom stereocenters. The van der Waals surface area contributed by atoms with E-state index in [9.17, 15) is 0 Å². The molecular weight excluding hydrogens is 677 g/mol. The molecule has 1 heterocycles. The van der Waals surface area contributed by atoms with Gasteiger partial charge in [-0.2, -0.15) is 0 Å². The fourth-order valence-corrected chi connectivity index (χ4v) is 9.25. The van der Waals surface area contributed by atoms with Crippen LogP contribution in [0.3, 0.4) is 0 Å². The number of fused-ring (bicyclic) bond motifs is 6. The van der Waals surface area contributed by atoms with Crippen molar-refractivity contribution in [3.05, 3.63) is 98.6 Å². The van der Waals surface area contributed by atoms with Crippen LogP contribution in [-0.4, -0.2) is 5.97 Å². The van der Waals surface area contributed by atoms with Gasteiger partial charge in [-0.15, -0.1) is 0 Å². The average Bonchev–Trinajstić information content (AvgIpc) is 2.96. The molecule has 0 N–H and O–H groups in total. The Hall–Kier alpha value is -3.30. The lowest BCUT2D eigenvalue weighted by atomic mass is 9.68. The molecule has 1 aliphatic rings. The lowest BCUT2D eigenvalue weighted by Crippen LogP contribution is -2.27. The number of benzene rings is 4. The summed E-state index contributed by atoms with van der Waals surface area (Å²) in [6.45, 7) is 45.3. The van der Waals surface area contributed by atoms with Crippen molar-refractivity contribution in [2.45, 2.75) is 181 Å². The number of hydrogen-bond donors (Lipinski definition) is 0. The first kappa shape index (κ1) is 41.9. The molecule has 290 valence electrons. The highest BCUT2D eigenvalue weighted by Gasteiger charge is 2.40. The highest BCUT2D eigenvalue weighted by atomic mass is 32.2. The van der Waals surface area contributed by atoms with Crippen molar-refractivity contribution in [3.8, 4) is 28.0 Å². The van der Waals surface area contributed by atoms with Gasteiger partial charge in [0.1, 0.15) is 5.75 Å². The third-order valence-corrected chi connectivity index (χ3v) is 11.9. The van der Waals surface area contributed by atoms with Crippen molar-refractivity contribution in [2.75, 3.05) is 0 Å². The van der Waals surface area contributed by atoms with Gasteiger partial charge in [-0.1, -0.05) is 167 Å². The molecule has 0 saturated carbocycles. The Morgan fingerprint density at radius 1 is 0.444 bits per heavy atom. The summed E-state index contributed by atoms with van der Waals surface area (Å²) in [6, 6.07) is 18.2. The van der Waals surface area contributed by atoms with E-state index >= 15 is 4.79 Å². The van der Waals surface area contributed by atoms with Crippen molar-refractivity contribution in [1.82, 2.24) is 0 Å². The molecule has 0 fully saturated rings. The van der Waals surface area contributed by atoms with Crippen LogP contribution in [0.5, 0.6) is 5.75 Å². The lowest BCUT2D eigenvalue weighted by Gasteiger charge is -2.38. The van der Waals surface area contributed by atoms with Gasteiger partial charge >= 0.3 is 5.97 Å². The first-order chi connectivity index (χ1) is 24.3. The maximum atomic E-state index is 15.9. The fraction of sp³-hybridized carbons (Fsp3) is 0.510. The fourth-order valence-electron chi connectivity index (χ4n) is 7.90. The summed E-state index contributed by atoms with van der Waals surface area (Å²) in [5.41, 5.74) is 13.3. The Balaban J connectivity index is 2.10. The summed E-state index contributed by atoms with van der Waals surface area (Å²) in [6.07, 6.45) is 0. The van der Waals surface area contributed by atoms with Crippen LogP contribution in [0.2, 0.25) is 0 Å². The predicted octanol–water partition coefficient (Wildman–Crippen LogP) is 15.1. The zero-order valence-corrected chi connectivity index (χ0v) is 38.2. The van der Waals surface area contributed by atoms with Gasteiger partial charge in [0.15, 0.2) is 0 Å². The maximum absolute atomic E-state index is 15.9. The first-order valence-electron chi connectivity index (χ1n) is 19.9. The number of aryl methyl sites for hydroxylation is 2. The van der Waals surface area contributed by atoms with Gasteiger partial charge in [0.2, 0.25) is 0 Å². The largest absolute Gasteiger partial charge is 0.423 e. The van der Waals surface area contributed by atoms with Crippen molar-refractivity contribution < 1.29 is 9.53 Å². The number of esters is 1. The number of rotatable bonds is 2. The highest BCUT2D eigenvalue weighted by molar-refractivity contribution is 7.99. The number of carbonyl (C=O) groups is 1. The second-order valence-electron chi connectivity index (χ2n) is 22.2. The molecule has 0 aromatic heterocycles. The molecular formula is C51H68O2S. The van der Waals surface area contributed by atoms with E-state index in [1.165, 1.54) is 48.7 Å². The molecule has 54 heavy (non-hydrogen) atoms. The molecule has 0 atom stereocenters. The van der Waals surface area contributed by atoms with Gasteiger partial charge in [-0.3, -0.25) is 0 Å². The van der Waals surface area contributed by atoms with Crippen LogP contribution in [0.1, 0.15) is 179 Å². The Morgan fingerprint density at radius 3 is 1.17 bits per heavy atom. The van der Waals surface area contributed by atoms with Gasteiger partial charge < -0.3 is 4.74 Å². The number of ether oxygens (including phenoxy) is 1. The Bertz CT molecular complexity index is 2030. The smallest absolute Gasteiger partial charge is 0.344 e. The van der Waals surface area contributed by atoms with Gasteiger partial charge in [0.25, 0.3) is 0 Å². The van der Waals surface area contributed by atoms with Gasteiger partial charge in [0, 0.05) is 37.6 Å². The van der Waals surface area contributed by atoms with Crippen molar-refractivity contribution in [3.63, 3.8) is 0 Å². The first-order valence-corrected chi connectivity index (χ1v) is 20.7. The summed E-state index contributed by atoms with van der Waals surface area (Å²) in [5.74, 6) is 0.331. The van der Waals surface area contributed by atoms with Crippen LogP contribution in [0.15, 0.2) is 58.3 Å². The predicted molar refractivity (Wildman–Crippen MR) is 235 cm³/mol. The molecule has 0 aliphatic carbocycles. The second kappa shape index (κ2) is 13.4. The maximum Gasteiger partial charge on any atom is 0.344 e. The summed E-state index contributed by atoms with van der Waals surface area (Å²) in [4.78, 5) is 18.3. The third kappa shape index (κ3) is 8.00. The van der Waals surface area contributed by atoms with Crippen LogP contribution < -0.4 is 4.74 Å². The molecule has 4 aromatic carbocycles. The SMILES string of the molecule is Cc1cc2c(c(C(C)(C)C)c1)-c1c(C(C)(C)C)cc(C(C)(C)C)c(c1C(=O)Oc1ccc(C(C)(C)C)cc1C(C)(C)C)-c1c(cc(C)cc1C(C)(C)C)S2. The van der Waals surface area contributed by atoms with E-state index in [1.54, 1.807) is 0 Å². The van der Waals surface area contributed by atoms with E-state index in [2.05, 4.69) is 181 Å². The lowest BCUT2D eigenvalue weighted by molar-refractivity contribution is 0.0733. The highest BCUT2D eigenvalue weighted by Crippen LogP contribution is 2.57. The zero-order chi connectivity index (χ0) is 40.9. The molecule has 1 aliphatic heterocycles. The minimum Gasteiger partial charge on any atom is -0.423 e. The summed E-state index contributed by atoms with van der Waals surface area (Å²) >= 11 is 1.87. The zero-order valence-electron chi connectivity index (χ0n) is 37.3. The Labute approximate surface area is 333 Å². The minimum absolute atomic E-state index is 0.0450. The molecule has 3 heteroatoms. The van der Waals surface area contributed by atoms with E-state index in [1.807, 2.05) is 17.8 Å². The standard InChI is InChI=1S/C51H68O2S/c1-29-23-33(48(9,10)11)40-38(25-29)54-39-26-30(2)24-34(49(12,13)14)41(39)43-36(51(18,19)20)28-35(50(15,16)17)42(40)44(43)45(52)53-37-22-21-31(46(3,4)5)27-32(37)47(6,7)8/h21-28H,1-20H3. The average molecular weight is 745 g/mol. The normalized spacial score (nSPS) is 13.9. The number of hydrogen-bond acceptors (Lipinski definition) is 3. The van der Waals surface area contributed by atoms with Crippen molar-refractivity contribution >= 4 is 17.7 Å². The molecule has 5 rings (SSSR count). The monoisotopic (exact) mass is 744 g/mol. The van der Waals surface area contributed by atoms with Crippen LogP contribution in [0.25, 0.3) is 22.3 Å². The molecule has 2 nitrogen and oxygen atoms in total. The van der Waals surface area contributed by atoms with Gasteiger partial charge in [-0.05, 0) is 103 Å². The van der Waals surface area contributed by atoms with Crippen LogP contribution >= 0.6 is 11.8 Å². The van der Waals surface area contributed by atoms with Crippen LogP contribution in [-0.2, 0) is 32.5 Å². The Kier molecular flexibility index (Phi) is 10.4. The summed E-state index contributed by atoms with van der Waals surface area (Å²) in [7, 11) is 0. The van der Waals surface area contributed by atoms with E-state index in [-0.39, 0.29) is 38.5 Å². The van der Waals surface area contributed by atoms with Crippen molar-refractivity contribution in [1.29, 1.82) is 0 Å². The Morgan fingerprint density at radius 2 is 0.815 bits per heavy atom. The van der Waals surface area contributed by atoms with Crippen molar-refractivity contribution in [2.24, 2.45) is 0 Å². The van der Waals surface area contributed by atoms with Crippen LogP contribution in [0, 0.1) is 13.8 Å². The number of carbonyl (C=O) groups excluding carboxylic acids is 1. The van der Waals surface area contributed by atoms with Gasteiger partial charge in [0.05, 0.1) is 5.56 Å².